The largest absolute Gasteiger partial charge is 0.391 e. The summed E-state index contributed by atoms with van der Waals surface area (Å²) >= 11 is 0. The molecular formula is C8H15F3O. The topological polar surface area (TPSA) is 9.23 Å². The molecule has 0 rings (SSSR count). The smallest absolute Gasteiger partial charge is 0.382 e. The molecule has 12 heavy (non-hydrogen) atoms. The molecule has 0 aliphatic carbocycles. The maximum absolute atomic E-state index is 12.1. The van der Waals surface area contributed by atoms with E-state index in [-0.39, 0.29) is 19.4 Å². The van der Waals surface area contributed by atoms with E-state index in [1.165, 1.54) is 0 Å². The third-order valence-corrected chi connectivity index (χ3v) is 1.77. The summed E-state index contributed by atoms with van der Waals surface area (Å²) in [6.45, 7) is 4.00. The molecule has 0 aromatic rings. The highest BCUT2D eigenvalue weighted by Crippen LogP contribution is 2.30. The van der Waals surface area contributed by atoms with Gasteiger partial charge in [0.25, 0.3) is 0 Å². The van der Waals surface area contributed by atoms with E-state index in [0.29, 0.717) is 6.61 Å². The van der Waals surface area contributed by atoms with Gasteiger partial charge in [0, 0.05) is 13.2 Å². The first-order chi connectivity index (χ1) is 5.52. The van der Waals surface area contributed by atoms with E-state index in [1.807, 2.05) is 0 Å². The second-order valence-corrected chi connectivity index (χ2v) is 2.63. The lowest BCUT2D eigenvalue weighted by atomic mass is 10.0. The number of hydrogen-bond acceptors (Lipinski definition) is 1. The van der Waals surface area contributed by atoms with Gasteiger partial charge >= 0.3 is 6.18 Å². The van der Waals surface area contributed by atoms with Gasteiger partial charge in [-0.1, -0.05) is 6.92 Å². The molecule has 0 aromatic heterocycles. The van der Waals surface area contributed by atoms with Crippen molar-refractivity contribution in [3.05, 3.63) is 0 Å². The number of rotatable bonds is 5. The molecule has 4 heteroatoms. The summed E-state index contributed by atoms with van der Waals surface area (Å²) < 4.78 is 41.1. The van der Waals surface area contributed by atoms with Crippen LogP contribution in [0.2, 0.25) is 0 Å². The SMILES string of the molecule is CCOCCC(CC)C(F)(F)F. The zero-order valence-electron chi connectivity index (χ0n) is 7.45. The third-order valence-electron chi connectivity index (χ3n) is 1.77. The lowest BCUT2D eigenvalue weighted by molar-refractivity contribution is -0.179. The van der Waals surface area contributed by atoms with Gasteiger partial charge in [0.15, 0.2) is 0 Å². The minimum absolute atomic E-state index is 0.0772. The first kappa shape index (κ1) is 11.8. The summed E-state index contributed by atoms with van der Waals surface area (Å²) in [7, 11) is 0. The molecule has 0 aliphatic heterocycles. The third kappa shape index (κ3) is 4.59. The molecule has 74 valence electrons. The molecular weight excluding hydrogens is 169 g/mol. The Kier molecular flexibility index (Phi) is 5.29. The minimum atomic E-state index is -4.06. The Balaban J connectivity index is 3.68. The first-order valence-corrected chi connectivity index (χ1v) is 4.16. The summed E-state index contributed by atoms with van der Waals surface area (Å²) in [5, 5.41) is 0. The van der Waals surface area contributed by atoms with E-state index >= 15 is 0 Å². The van der Waals surface area contributed by atoms with Crippen LogP contribution in [0.25, 0.3) is 0 Å². The van der Waals surface area contributed by atoms with Crippen molar-refractivity contribution in [3.8, 4) is 0 Å². The fraction of sp³-hybridized carbons (Fsp3) is 1.00. The van der Waals surface area contributed by atoms with E-state index in [2.05, 4.69) is 0 Å². The van der Waals surface area contributed by atoms with Crippen LogP contribution in [0.3, 0.4) is 0 Å². The highest BCUT2D eigenvalue weighted by molar-refractivity contribution is 4.65. The maximum Gasteiger partial charge on any atom is 0.391 e. The van der Waals surface area contributed by atoms with Crippen LogP contribution >= 0.6 is 0 Å². The monoisotopic (exact) mass is 184 g/mol. The van der Waals surface area contributed by atoms with E-state index in [0.717, 1.165) is 0 Å². The number of ether oxygens (including phenoxy) is 1. The van der Waals surface area contributed by atoms with Gasteiger partial charge in [-0.25, -0.2) is 0 Å². The van der Waals surface area contributed by atoms with E-state index in [1.54, 1.807) is 13.8 Å². The molecule has 0 bridgehead atoms. The van der Waals surface area contributed by atoms with Crippen LogP contribution in [0, 0.1) is 5.92 Å². The molecule has 1 unspecified atom stereocenters. The van der Waals surface area contributed by atoms with Crippen LogP contribution < -0.4 is 0 Å². The maximum atomic E-state index is 12.1. The second kappa shape index (κ2) is 5.41. The molecule has 0 saturated heterocycles. The molecule has 0 fully saturated rings. The average Bonchev–Trinajstić information content (AvgIpc) is 1.95. The number of hydrogen-bond donors (Lipinski definition) is 0. The molecule has 0 spiro atoms. The molecule has 0 aliphatic rings. The zero-order valence-corrected chi connectivity index (χ0v) is 7.45. The molecule has 0 saturated carbocycles. The Labute approximate surface area is 70.9 Å². The minimum Gasteiger partial charge on any atom is -0.382 e. The quantitative estimate of drug-likeness (QED) is 0.597. The predicted octanol–water partition coefficient (Wildman–Crippen LogP) is 3.00. The summed E-state index contributed by atoms with van der Waals surface area (Å²) in [6.07, 6.45) is -3.85. The normalized spacial score (nSPS) is 14.8. The van der Waals surface area contributed by atoms with Crippen molar-refractivity contribution >= 4 is 0 Å². The van der Waals surface area contributed by atoms with Gasteiger partial charge in [-0.3, -0.25) is 0 Å². The van der Waals surface area contributed by atoms with Gasteiger partial charge in [-0.05, 0) is 19.8 Å². The van der Waals surface area contributed by atoms with Crippen LogP contribution in [0.15, 0.2) is 0 Å². The fourth-order valence-corrected chi connectivity index (χ4v) is 0.969. The van der Waals surface area contributed by atoms with Gasteiger partial charge in [0.05, 0.1) is 5.92 Å². The Morgan fingerprint density at radius 3 is 2.17 bits per heavy atom. The molecule has 0 aromatic carbocycles. The Morgan fingerprint density at radius 2 is 1.83 bits per heavy atom. The summed E-state index contributed by atoms with van der Waals surface area (Å²) in [5.74, 6) is -1.20. The van der Waals surface area contributed by atoms with Crippen LogP contribution in [0.4, 0.5) is 13.2 Å². The lowest BCUT2D eigenvalue weighted by Gasteiger charge is -2.17. The highest BCUT2D eigenvalue weighted by atomic mass is 19.4. The molecule has 0 heterocycles. The van der Waals surface area contributed by atoms with E-state index in [9.17, 15) is 13.2 Å². The zero-order chi connectivity index (χ0) is 9.61. The summed E-state index contributed by atoms with van der Waals surface area (Å²) in [5.41, 5.74) is 0. The van der Waals surface area contributed by atoms with Crippen LogP contribution in [-0.2, 0) is 4.74 Å². The van der Waals surface area contributed by atoms with Crippen LogP contribution in [-0.4, -0.2) is 19.4 Å². The predicted molar refractivity (Wildman–Crippen MR) is 40.9 cm³/mol. The van der Waals surface area contributed by atoms with Gasteiger partial charge in [0.1, 0.15) is 0 Å². The van der Waals surface area contributed by atoms with Crippen molar-refractivity contribution in [1.29, 1.82) is 0 Å². The summed E-state index contributed by atoms with van der Waals surface area (Å²) in [6, 6.07) is 0. The van der Waals surface area contributed by atoms with E-state index in [4.69, 9.17) is 4.74 Å². The lowest BCUT2D eigenvalue weighted by Crippen LogP contribution is -2.23. The van der Waals surface area contributed by atoms with Crippen molar-refractivity contribution < 1.29 is 17.9 Å². The standard InChI is InChI=1S/C8H15F3O/c1-3-7(8(9,10)11)5-6-12-4-2/h7H,3-6H2,1-2H3. The average molecular weight is 184 g/mol. The molecule has 1 atom stereocenters. The van der Waals surface area contributed by atoms with Crippen molar-refractivity contribution in [3.63, 3.8) is 0 Å². The van der Waals surface area contributed by atoms with Gasteiger partial charge in [-0.2, -0.15) is 13.2 Å². The van der Waals surface area contributed by atoms with Gasteiger partial charge in [0.2, 0.25) is 0 Å². The van der Waals surface area contributed by atoms with E-state index < -0.39 is 12.1 Å². The molecule has 1 nitrogen and oxygen atoms in total. The van der Waals surface area contributed by atoms with Crippen molar-refractivity contribution in [2.45, 2.75) is 32.9 Å². The molecule has 0 amide bonds. The summed E-state index contributed by atoms with van der Waals surface area (Å²) in [4.78, 5) is 0. The first-order valence-electron chi connectivity index (χ1n) is 4.16. The van der Waals surface area contributed by atoms with Crippen LogP contribution in [0.1, 0.15) is 26.7 Å². The van der Waals surface area contributed by atoms with Crippen molar-refractivity contribution in [1.82, 2.24) is 0 Å². The Hall–Kier alpha value is -0.250. The fourth-order valence-electron chi connectivity index (χ4n) is 0.969. The van der Waals surface area contributed by atoms with Gasteiger partial charge < -0.3 is 4.74 Å². The van der Waals surface area contributed by atoms with Crippen molar-refractivity contribution in [2.24, 2.45) is 5.92 Å². The van der Waals surface area contributed by atoms with Crippen LogP contribution in [0.5, 0.6) is 0 Å². The number of alkyl halides is 3. The highest BCUT2D eigenvalue weighted by Gasteiger charge is 2.37. The number of halogens is 3. The second-order valence-electron chi connectivity index (χ2n) is 2.63. The van der Waals surface area contributed by atoms with Gasteiger partial charge in [-0.15, -0.1) is 0 Å². The Bertz CT molecular complexity index is 111. The Morgan fingerprint density at radius 1 is 1.25 bits per heavy atom. The van der Waals surface area contributed by atoms with Crippen molar-refractivity contribution in [2.75, 3.05) is 13.2 Å². The molecule has 0 radical (unpaired) electrons. The molecule has 0 N–H and O–H groups in total.